The fourth-order valence-corrected chi connectivity index (χ4v) is 1.64. The number of ether oxygens (including phenoxy) is 2. The molecule has 5 nitrogen and oxygen atoms in total. The van der Waals surface area contributed by atoms with Gasteiger partial charge in [0.1, 0.15) is 5.82 Å². The molecule has 1 aromatic heterocycles. The highest BCUT2D eigenvalue weighted by Gasteiger charge is 2.16. The molecule has 5 heteroatoms. The highest BCUT2D eigenvalue weighted by Crippen LogP contribution is 2.22. The standard InChI is InChI=1S/C11H17N3O2/c1-2-16-11-9(12)3-4-10(14-11)13-8-5-6-15-7-8/h3-4,8H,2,5-7,12H2,1H3,(H,13,14). The zero-order valence-electron chi connectivity index (χ0n) is 9.40. The third-order valence-electron chi connectivity index (χ3n) is 2.45. The Morgan fingerprint density at radius 2 is 2.50 bits per heavy atom. The Morgan fingerprint density at radius 3 is 3.19 bits per heavy atom. The number of aromatic nitrogens is 1. The van der Waals surface area contributed by atoms with Crippen molar-refractivity contribution in [3.63, 3.8) is 0 Å². The number of pyridine rings is 1. The summed E-state index contributed by atoms with van der Waals surface area (Å²) in [6.45, 7) is 4.01. The topological polar surface area (TPSA) is 69.4 Å². The fourth-order valence-electron chi connectivity index (χ4n) is 1.64. The van der Waals surface area contributed by atoms with Gasteiger partial charge in [0, 0.05) is 6.61 Å². The molecule has 0 bridgehead atoms. The average molecular weight is 223 g/mol. The van der Waals surface area contributed by atoms with E-state index in [9.17, 15) is 0 Å². The molecule has 0 aliphatic carbocycles. The van der Waals surface area contributed by atoms with E-state index in [2.05, 4.69) is 10.3 Å². The monoisotopic (exact) mass is 223 g/mol. The Labute approximate surface area is 95.0 Å². The van der Waals surface area contributed by atoms with Crippen LogP contribution in [0.25, 0.3) is 0 Å². The maximum absolute atomic E-state index is 5.74. The van der Waals surface area contributed by atoms with Crippen molar-refractivity contribution < 1.29 is 9.47 Å². The molecule has 0 aromatic carbocycles. The molecule has 3 N–H and O–H groups in total. The van der Waals surface area contributed by atoms with Gasteiger partial charge in [0.05, 0.1) is 24.9 Å². The van der Waals surface area contributed by atoms with Crippen molar-refractivity contribution in [2.75, 3.05) is 30.9 Å². The van der Waals surface area contributed by atoms with Crippen LogP contribution < -0.4 is 15.8 Å². The van der Waals surface area contributed by atoms with Crippen molar-refractivity contribution in [1.82, 2.24) is 4.98 Å². The molecule has 0 amide bonds. The van der Waals surface area contributed by atoms with Gasteiger partial charge in [-0.2, -0.15) is 4.98 Å². The molecule has 2 rings (SSSR count). The molecule has 1 saturated heterocycles. The molecule has 0 saturated carbocycles. The van der Waals surface area contributed by atoms with Crippen LogP contribution in [-0.4, -0.2) is 30.8 Å². The minimum atomic E-state index is 0.339. The Morgan fingerprint density at radius 1 is 1.62 bits per heavy atom. The Balaban J connectivity index is 2.05. The molecule has 2 heterocycles. The summed E-state index contributed by atoms with van der Waals surface area (Å²) in [5.41, 5.74) is 6.31. The Bertz CT molecular complexity index is 351. The molecule has 1 aromatic rings. The average Bonchev–Trinajstić information content (AvgIpc) is 2.76. The van der Waals surface area contributed by atoms with Crippen LogP contribution in [-0.2, 0) is 4.74 Å². The summed E-state index contributed by atoms with van der Waals surface area (Å²) in [5.74, 6) is 1.28. The van der Waals surface area contributed by atoms with Gasteiger partial charge in [-0.15, -0.1) is 0 Å². The summed E-state index contributed by atoms with van der Waals surface area (Å²) in [6.07, 6.45) is 1.01. The minimum Gasteiger partial charge on any atom is -0.476 e. The molecule has 1 fully saturated rings. The van der Waals surface area contributed by atoms with Gasteiger partial charge < -0.3 is 20.5 Å². The highest BCUT2D eigenvalue weighted by molar-refractivity contribution is 5.53. The Hall–Kier alpha value is -1.49. The second kappa shape index (κ2) is 5.03. The van der Waals surface area contributed by atoms with E-state index < -0.39 is 0 Å². The van der Waals surface area contributed by atoms with E-state index in [0.717, 1.165) is 25.5 Å². The summed E-state index contributed by atoms with van der Waals surface area (Å²) < 4.78 is 10.6. The molecule has 1 aliphatic heterocycles. The lowest BCUT2D eigenvalue weighted by molar-refractivity contribution is 0.195. The summed E-state index contributed by atoms with van der Waals surface area (Å²) in [5, 5.41) is 3.30. The predicted molar refractivity (Wildman–Crippen MR) is 62.7 cm³/mol. The second-order valence-corrected chi connectivity index (χ2v) is 3.73. The SMILES string of the molecule is CCOc1nc(NC2CCOC2)ccc1N. The van der Waals surface area contributed by atoms with Crippen LogP contribution in [0.1, 0.15) is 13.3 Å². The lowest BCUT2D eigenvalue weighted by Crippen LogP contribution is -2.19. The van der Waals surface area contributed by atoms with Crippen molar-refractivity contribution in [3.05, 3.63) is 12.1 Å². The predicted octanol–water partition coefficient (Wildman–Crippen LogP) is 1.26. The first-order valence-electron chi connectivity index (χ1n) is 5.53. The Kier molecular flexibility index (Phi) is 3.46. The number of nitrogens with two attached hydrogens (primary N) is 1. The number of hydrogen-bond acceptors (Lipinski definition) is 5. The summed E-state index contributed by atoms with van der Waals surface area (Å²) >= 11 is 0. The van der Waals surface area contributed by atoms with Gasteiger partial charge in [0.15, 0.2) is 0 Å². The van der Waals surface area contributed by atoms with Crippen LogP contribution in [0, 0.1) is 0 Å². The fraction of sp³-hybridized carbons (Fsp3) is 0.545. The van der Waals surface area contributed by atoms with Crippen molar-refractivity contribution >= 4 is 11.5 Å². The van der Waals surface area contributed by atoms with E-state index in [1.807, 2.05) is 13.0 Å². The smallest absolute Gasteiger partial charge is 0.239 e. The first-order chi connectivity index (χ1) is 7.79. The van der Waals surface area contributed by atoms with E-state index in [-0.39, 0.29) is 0 Å². The van der Waals surface area contributed by atoms with Crippen LogP contribution in [0.4, 0.5) is 11.5 Å². The van der Waals surface area contributed by atoms with Crippen LogP contribution in [0.3, 0.4) is 0 Å². The molecule has 1 aliphatic rings. The molecule has 1 unspecified atom stereocenters. The second-order valence-electron chi connectivity index (χ2n) is 3.73. The van der Waals surface area contributed by atoms with Gasteiger partial charge in [-0.3, -0.25) is 0 Å². The molecular weight excluding hydrogens is 206 g/mol. The normalized spacial score (nSPS) is 19.7. The van der Waals surface area contributed by atoms with E-state index >= 15 is 0 Å². The van der Waals surface area contributed by atoms with Crippen LogP contribution in [0.5, 0.6) is 5.88 Å². The molecule has 16 heavy (non-hydrogen) atoms. The van der Waals surface area contributed by atoms with Crippen LogP contribution in [0.2, 0.25) is 0 Å². The minimum absolute atomic E-state index is 0.339. The van der Waals surface area contributed by atoms with Crippen molar-refractivity contribution in [1.29, 1.82) is 0 Å². The lowest BCUT2D eigenvalue weighted by Gasteiger charge is -2.13. The van der Waals surface area contributed by atoms with Crippen molar-refractivity contribution in [2.24, 2.45) is 0 Å². The van der Waals surface area contributed by atoms with E-state index in [1.165, 1.54) is 0 Å². The van der Waals surface area contributed by atoms with Gasteiger partial charge in [0.25, 0.3) is 0 Å². The third-order valence-corrected chi connectivity index (χ3v) is 2.45. The summed E-state index contributed by atoms with van der Waals surface area (Å²) in [4.78, 5) is 4.31. The molecule has 1 atom stereocenters. The highest BCUT2D eigenvalue weighted by atomic mass is 16.5. The van der Waals surface area contributed by atoms with E-state index in [0.29, 0.717) is 24.2 Å². The largest absolute Gasteiger partial charge is 0.476 e. The maximum Gasteiger partial charge on any atom is 0.239 e. The number of anilines is 2. The third kappa shape index (κ3) is 2.55. The zero-order chi connectivity index (χ0) is 11.4. The number of nitrogens with zero attached hydrogens (tertiary/aromatic N) is 1. The van der Waals surface area contributed by atoms with Crippen molar-refractivity contribution in [2.45, 2.75) is 19.4 Å². The molecule has 0 radical (unpaired) electrons. The van der Waals surface area contributed by atoms with E-state index in [1.54, 1.807) is 6.07 Å². The van der Waals surface area contributed by atoms with Crippen molar-refractivity contribution in [3.8, 4) is 5.88 Å². The van der Waals surface area contributed by atoms with E-state index in [4.69, 9.17) is 15.2 Å². The molecule has 88 valence electrons. The number of nitrogen functional groups attached to an aromatic ring is 1. The molecule has 0 spiro atoms. The first-order valence-corrected chi connectivity index (χ1v) is 5.53. The molecular formula is C11H17N3O2. The number of nitrogens with one attached hydrogen (secondary N) is 1. The maximum atomic E-state index is 5.74. The van der Waals surface area contributed by atoms with Gasteiger partial charge in [0.2, 0.25) is 5.88 Å². The quantitative estimate of drug-likeness (QED) is 0.804. The first kappa shape index (κ1) is 11.0. The van der Waals surface area contributed by atoms with Crippen LogP contribution >= 0.6 is 0 Å². The lowest BCUT2D eigenvalue weighted by atomic mass is 10.2. The summed E-state index contributed by atoms with van der Waals surface area (Å²) in [6, 6.07) is 4.00. The number of hydrogen-bond donors (Lipinski definition) is 2. The van der Waals surface area contributed by atoms with Gasteiger partial charge in [-0.05, 0) is 25.5 Å². The summed E-state index contributed by atoms with van der Waals surface area (Å²) in [7, 11) is 0. The van der Waals surface area contributed by atoms with Crippen LogP contribution in [0.15, 0.2) is 12.1 Å². The van der Waals surface area contributed by atoms with Gasteiger partial charge >= 0.3 is 0 Å². The van der Waals surface area contributed by atoms with Gasteiger partial charge in [-0.1, -0.05) is 0 Å². The zero-order valence-corrected chi connectivity index (χ0v) is 9.40. The van der Waals surface area contributed by atoms with Gasteiger partial charge in [-0.25, -0.2) is 0 Å². The number of rotatable bonds is 4.